The van der Waals surface area contributed by atoms with Crippen molar-refractivity contribution >= 4 is 18.3 Å². The summed E-state index contributed by atoms with van der Waals surface area (Å²) in [5.41, 5.74) is 6.00. The fourth-order valence-corrected chi connectivity index (χ4v) is 2.10. The summed E-state index contributed by atoms with van der Waals surface area (Å²) in [5, 5.41) is 2.85. The van der Waals surface area contributed by atoms with Crippen molar-refractivity contribution < 1.29 is 14.3 Å². The highest BCUT2D eigenvalue weighted by molar-refractivity contribution is 5.85. The number of benzene rings is 1. The van der Waals surface area contributed by atoms with Crippen molar-refractivity contribution in [2.45, 2.75) is 38.8 Å². The molecule has 0 saturated heterocycles. The van der Waals surface area contributed by atoms with Gasteiger partial charge in [0.2, 0.25) is 5.91 Å². The fourth-order valence-electron chi connectivity index (χ4n) is 2.10. The van der Waals surface area contributed by atoms with Gasteiger partial charge in [0, 0.05) is 12.1 Å². The van der Waals surface area contributed by atoms with E-state index >= 15 is 0 Å². The first-order valence-electron chi connectivity index (χ1n) is 6.73. The second-order valence-corrected chi connectivity index (χ2v) is 5.00. The molecule has 0 heterocycles. The zero-order chi connectivity index (χ0) is 15.2. The number of carbonyl (C=O) groups is 1. The van der Waals surface area contributed by atoms with Gasteiger partial charge < -0.3 is 20.5 Å². The summed E-state index contributed by atoms with van der Waals surface area (Å²) in [6.07, 6.45) is 1.51. The highest BCUT2D eigenvalue weighted by Crippen LogP contribution is 2.30. The van der Waals surface area contributed by atoms with Crippen LogP contribution in [0.4, 0.5) is 0 Å². The Morgan fingerprint density at radius 1 is 1.33 bits per heavy atom. The van der Waals surface area contributed by atoms with Crippen molar-refractivity contribution in [3.63, 3.8) is 0 Å². The SMILES string of the molecule is CCCC(C)(N)C(=O)NCc1cccc(OC)c1OC.Cl. The van der Waals surface area contributed by atoms with E-state index in [2.05, 4.69) is 5.32 Å². The number of amides is 1. The van der Waals surface area contributed by atoms with Gasteiger partial charge in [0.05, 0.1) is 19.8 Å². The Morgan fingerprint density at radius 3 is 2.52 bits per heavy atom. The molecular formula is C15H25ClN2O3. The minimum Gasteiger partial charge on any atom is -0.493 e. The summed E-state index contributed by atoms with van der Waals surface area (Å²) >= 11 is 0. The van der Waals surface area contributed by atoms with Crippen LogP contribution in [-0.2, 0) is 11.3 Å². The molecule has 1 aromatic rings. The molecule has 5 nitrogen and oxygen atoms in total. The average Bonchev–Trinajstić information content (AvgIpc) is 2.43. The number of ether oxygens (including phenoxy) is 2. The van der Waals surface area contributed by atoms with E-state index < -0.39 is 5.54 Å². The zero-order valence-electron chi connectivity index (χ0n) is 13.1. The van der Waals surface area contributed by atoms with Gasteiger partial charge in [-0.3, -0.25) is 4.79 Å². The third-order valence-corrected chi connectivity index (χ3v) is 3.21. The van der Waals surface area contributed by atoms with Gasteiger partial charge in [-0.15, -0.1) is 12.4 Å². The first-order valence-corrected chi connectivity index (χ1v) is 6.73. The summed E-state index contributed by atoms with van der Waals surface area (Å²) in [6.45, 7) is 4.10. The van der Waals surface area contributed by atoms with Gasteiger partial charge in [-0.05, 0) is 19.4 Å². The second kappa shape index (κ2) is 8.74. The molecular weight excluding hydrogens is 292 g/mol. The molecule has 0 spiro atoms. The number of para-hydroxylation sites is 1. The van der Waals surface area contributed by atoms with Gasteiger partial charge in [-0.2, -0.15) is 0 Å². The molecule has 1 aromatic carbocycles. The number of nitrogens with one attached hydrogen (secondary N) is 1. The van der Waals surface area contributed by atoms with E-state index in [0.717, 1.165) is 12.0 Å². The zero-order valence-corrected chi connectivity index (χ0v) is 13.9. The summed E-state index contributed by atoms with van der Waals surface area (Å²) in [7, 11) is 3.16. The summed E-state index contributed by atoms with van der Waals surface area (Å²) < 4.78 is 10.6. The lowest BCUT2D eigenvalue weighted by Crippen LogP contribution is -2.51. The number of carbonyl (C=O) groups excluding carboxylic acids is 1. The van der Waals surface area contributed by atoms with Crippen LogP contribution in [0.5, 0.6) is 11.5 Å². The molecule has 3 N–H and O–H groups in total. The van der Waals surface area contributed by atoms with Crippen molar-refractivity contribution in [1.29, 1.82) is 0 Å². The van der Waals surface area contributed by atoms with E-state index in [1.807, 2.05) is 25.1 Å². The summed E-state index contributed by atoms with van der Waals surface area (Å²) in [4.78, 5) is 12.1. The first-order chi connectivity index (χ1) is 9.46. The lowest BCUT2D eigenvalue weighted by molar-refractivity contribution is -0.126. The number of nitrogens with two attached hydrogens (primary N) is 1. The van der Waals surface area contributed by atoms with Crippen LogP contribution in [0.3, 0.4) is 0 Å². The number of halogens is 1. The van der Waals surface area contributed by atoms with E-state index in [9.17, 15) is 4.79 Å². The average molecular weight is 317 g/mol. The van der Waals surface area contributed by atoms with E-state index in [-0.39, 0.29) is 18.3 Å². The molecule has 0 aliphatic rings. The van der Waals surface area contributed by atoms with Crippen molar-refractivity contribution in [3.05, 3.63) is 23.8 Å². The topological polar surface area (TPSA) is 73.6 Å². The predicted molar refractivity (Wildman–Crippen MR) is 86.1 cm³/mol. The number of hydrogen-bond donors (Lipinski definition) is 2. The van der Waals surface area contributed by atoms with Gasteiger partial charge in [0.15, 0.2) is 11.5 Å². The number of methoxy groups -OCH3 is 2. The van der Waals surface area contributed by atoms with Crippen molar-refractivity contribution in [2.24, 2.45) is 5.73 Å². The predicted octanol–water partition coefficient (Wildman–Crippen LogP) is 2.26. The standard InChI is InChI=1S/C15H24N2O3.ClH/c1-5-9-15(2,16)14(18)17-10-11-7-6-8-12(19-3)13(11)20-4;/h6-8H,5,9-10,16H2,1-4H3,(H,17,18);1H. The van der Waals surface area contributed by atoms with Gasteiger partial charge in [0.25, 0.3) is 0 Å². The largest absolute Gasteiger partial charge is 0.493 e. The first kappa shape index (κ1) is 19.5. The van der Waals surface area contributed by atoms with E-state index in [1.54, 1.807) is 21.1 Å². The van der Waals surface area contributed by atoms with Crippen LogP contribution < -0.4 is 20.5 Å². The van der Waals surface area contributed by atoms with Crippen LogP contribution in [-0.4, -0.2) is 25.7 Å². The molecule has 1 atom stereocenters. The van der Waals surface area contributed by atoms with Gasteiger partial charge in [0.1, 0.15) is 0 Å². The Balaban J connectivity index is 0.00000400. The van der Waals surface area contributed by atoms with Gasteiger partial charge >= 0.3 is 0 Å². The van der Waals surface area contributed by atoms with Crippen LogP contribution in [0.2, 0.25) is 0 Å². The van der Waals surface area contributed by atoms with Gasteiger partial charge in [-0.25, -0.2) is 0 Å². The third kappa shape index (κ3) is 5.10. The molecule has 0 aromatic heterocycles. The van der Waals surface area contributed by atoms with Gasteiger partial charge in [-0.1, -0.05) is 25.5 Å². The smallest absolute Gasteiger partial charge is 0.240 e. The highest BCUT2D eigenvalue weighted by Gasteiger charge is 2.27. The van der Waals surface area contributed by atoms with Crippen LogP contribution >= 0.6 is 12.4 Å². The number of rotatable bonds is 7. The molecule has 6 heteroatoms. The number of hydrogen-bond acceptors (Lipinski definition) is 4. The molecule has 0 fully saturated rings. The Hall–Kier alpha value is -1.46. The molecule has 0 bridgehead atoms. The fraction of sp³-hybridized carbons (Fsp3) is 0.533. The molecule has 1 unspecified atom stereocenters. The van der Waals surface area contributed by atoms with Crippen LogP contribution in [0, 0.1) is 0 Å². The maximum absolute atomic E-state index is 12.1. The third-order valence-electron chi connectivity index (χ3n) is 3.21. The van der Waals surface area contributed by atoms with Crippen molar-refractivity contribution in [1.82, 2.24) is 5.32 Å². The normalized spacial score (nSPS) is 12.8. The van der Waals surface area contributed by atoms with Crippen LogP contribution in [0.15, 0.2) is 18.2 Å². The molecule has 1 rings (SSSR count). The van der Waals surface area contributed by atoms with E-state index in [4.69, 9.17) is 15.2 Å². The Kier molecular flexibility index (Phi) is 8.14. The molecule has 0 saturated carbocycles. The van der Waals surface area contributed by atoms with Crippen LogP contribution in [0.25, 0.3) is 0 Å². The van der Waals surface area contributed by atoms with Crippen molar-refractivity contribution in [2.75, 3.05) is 14.2 Å². The lowest BCUT2D eigenvalue weighted by atomic mass is 9.96. The van der Waals surface area contributed by atoms with E-state index in [0.29, 0.717) is 24.5 Å². The Bertz CT molecular complexity index is 464. The second-order valence-electron chi connectivity index (χ2n) is 5.00. The molecule has 120 valence electrons. The molecule has 21 heavy (non-hydrogen) atoms. The summed E-state index contributed by atoms with van der Waals surface area (Å²) in [6, 6.07) is 5.56. The minimum atomic E-state index is -0.846. The maximum Gasteiger partial charge on any atom is 0.240 e. The summed E-state index contributed by atoms with van der Waals surface area (Å²) in [5.74, 6) is 1.11. The molecule has 0 radical (unpaired) electrons. The Labute approximate surface area is 132 Å². The molecule has 0 aliphatic heterocycles. The quantitative estimate of drug-likeness (QED) is 0.809. The minimum absolute atomic E-state index is 0. The lowest BCUT2D eigenvalue weighted by Gasteiger charge is -2.23. The van der Waals surface area contributed by atoms with Crippen LogP contribution in [0.1, 0.15) is 32.3 Å². The maximum atomic E-state index is 12.1. The van der Waals surface area contributed by atoms with Crippen molar-refractivity contribution in [3.8, 4) is 11.5 Å². The molecule has 1 amide bonds. The Morgan fingerprint density at radius 2 is 2.00 bits per heavy atom. The molecule has 0 aliphatic carbocycles. The van der Waals surface area contributed by atoms with E-state index in [1.165, 1.54) is 0 Å². The highest BCUT2D eigenvalue weighted by atomic mass is 35.5. The monoisotopic (exact) mass is 316 g/mol.